The van der Waals surface area contributed by atoms with Crippen molar-refractivity contribution in [1.82, 2.24) is 0 Å². The second-order valence-corrected chi connectivity index (χ2v) is 4.06. The Morgan fingerprint density at radius 3 is 2.71 bits per heavy atom. The predicted molar refractivity (Wildman–Crippen MR) is 63.7 cm³/mol. The SMILES string of the molecule is COc1cc(C)c(CC(N)C(=O)O)c(Cl)c1O. The summed E-state index contributed by atoms with van der Waals surface area (Å²) in [7, 11) is 1.41. The third-order valence-electron chi connectivity index (χ3n) is 2.49. The topological polar surface area (TPSA) is 92.8 Å². The number of aryl methyl sites for hydroxylation is 1. The molecule has 1 rings (SSSR count). The van der Waals surface area contributed by atoms with Crippen molar-refractivity contribution in [3.63, 3.8) is 0 Å². The zero-order chi connectivity index (χ0) is 13.2. The summed E-state index contributed by atoms with van der Waals surface area (Å²) in [5, 5.41) is 18.5. The van der Waals surface area contributed by atoms with Gasteiger partial charge in [-0.25, -0.2) is 0 Å². The van der Waals surface area contributed by atoms with E-state index < -0.39 is 12.0 Å². The molecular formula is C11H14ClNO4. The number of benzene rings is 1. The Morgan fingerprint density at radius 2 is 2.24 bits per heavy atom. The molecule has 0 aromatic heterocycles. The van der Waals surface area contributed by atoms with Gasteiger partial charge in [-0.3, -0.25) is 4.79 Å². The minimum atomic E-state index is -1.12. The van der Waals surface area contributed by atoms with Crippen molar-refractivity contribution in [2.75, 3.05) is 7.11 Å². The Labute approximate surface area is 104 Å². The summed E-state index contributed by atoms with van der Waals surface area (Å²) in [4.78, 5) is 10.7. The number of carboxylic acids is 1. The van der Waals surface area contributed by atoms with Crippen LogP contribution >= 0.6 is 11.6 Å². The summed E-state index contributed by atoms with van der Waals surface area (Å²) < 4.78 is 4.93. The number of aliphatic carboxylic acids is 1. The Morgan fingerprint density at radius 1 is 1.65 bits per heavy atom. The molecular weight excluding hydrogens is 246 g/mol. The molecule has 0 aliphatic heterocycles. The van der Waals surface area contributed by atoms with Crippen LogP contribution in [0.25, 0.3) is 0 Å². The summed E-state index contributed by atoms with van der Waals surface area (Å²) in [5.74, 6) is -1.07. The highest BCUT2D eigenvalue weighted by atomic mass is 35.5. The molecule has 1 unspecified atom stereocenters. The summed E-state index contributed by atoms with van der Waals surface area (Å²) in [5.41, 5.74) is 6.67. The number of halogens is 1. The Kier molecular flexibility index (Phi) is 4.20. The van der Waals surface area contributed by atoms with Gasteiger partial charge in [0.25, 0.3) is 0 Å². The molecule has 0 aliphatic rings. The summed E-state index contributed by atoms with van der Waals surface area (Å²) in [6, 6.07) is 0.532. The number of phenolic OH excluding ortho intramolecular Hbond substituents is 1. The number of hydrogen-bond acceptors (Lipinski definition) is 4. The highest BCUT2D eigenvalue weighted by Gasteiger charge is 2.20. The van der Waals surface area contributed by atoms with Gasteiger partial charge < -0.3 is 20.7 Å². The zero-order valence-corrected chi connectivity index (χ0v) is 10.3. The number of hydrogen-bond donors (Lipinski definition) is 3. The monoisotopic (exact) mass is 259 g/mol. The third-order valence-corrected chi connectivity index (χ3v) is 2.90. The number of carboxylic acid groups (broad SMARTS) is 1. The van der Waals surface area contributed by atoms with E-state index in [1.807, 2.05) is 0 Å². The minimum absolute atomic E-state index is 0.0531. The van der Waals surface area contributed by atoms with Gasteiger partial charge in [0.2, 0.25) is 0 Å². The standard InChI is InChI=1S/C11H14ClNO4/c1-5-3-8(17-2)10(14)9(12)6(5)4-7(13)11(15)16/h3,7,14H,4,13H2,1-2H3,(H,15,16). The van der Waals surface area contributed by atoms with E-state index in [2.05, 4.69) is 0 Å². The first-order valence-corrected chi connectivity index (χ1v) is 5.29. The maximum atomic E-state index is 10.7. The largest absolute Gasteiger partial charge is 0.503 e. The van der Waals surface area contributed by atoms with Crippen LogP contribution in [0.15, 0.2) is 6.07 Å². The average molecular weight is 260 g/mol. The molecule has 0 radical (unpaired) electrons. The van der Waals surface area contributed by atoms with Crippen LogP contribution in [0.1, 0.15) is 11.1 Å². The van der Waals surface area contributed by atoms with Crippen LogP contribution in [0.3, 0.4) is 0 Å². The van der Waals surface area contributed by atoms with Crippen LogP contribution in [-0.2, 0) is 11.2 Å². The first-order chi connectivity index (χ1) is 7.88. The molecule has 0 saturated heterocycles. The molecule has 1 aromatic rings. The lowest BCUT2D eigenvalue weighted by molar-refractivity contribution is -0.138. The average Bonchev–Trinajstić information content (AvgIpc) is 2.28. The number of methoxy groups -OCH3 is 1. The number of carbonyl (C=O) groups is 1. The maximum Gasteiger partial charge on any atom is 0.320 e. The highest BCUT2D eigenvalue weighted by Crippen LogP contribution is 2.38. The van der Waals surface area contributed by atoms with E-state index in [1.54, 1.807) is 13.0 Å². The number of aromatic hydroxyl groups is 1. The van der Waals surface area contributed by atoms with Gasteiger partial charge in [-0.05, 0) is 24.1 Å². The van der Waals surface area contributed by atoms with Crippen LogP contribution in [0.5, 0.6) is 11.5 Å². The Hall–Kier alpha value is -1.46. The van der Waals surface area contributed by atoms with Gasteiger partial charge in [0, 0.05) is 6.42 Å². The Balaban J connectivity index is 3.17. The van der Waals surface area contributed by atoms with Crippen molar-refractivity contribution in [2.24, 2.45) is 5.73 Å². The molecule has 0 aliphatic carbocycles. The van der Waals surface area contributed by atoms with Crippen molar-refractivity contribution < 1.29 is 19.7 Å². The minimum Gasteiger partial charge on any atom is -0.503 e. The first kappa shape index (κ1) is 13.6. The van der Waals surface area contributed by atoms with Gasteiger partial charge in [-0.15, -0.1) is 0 Å². The van der Waals surface area contributed by atoms with E-state index in [-0.39, 0.29) is 22.9 Å². The van der Waals surface area contributed by atoms with E-state index in [0.717, 1.165) is 5.56 Å². The fraction of sp³-hybridized carbons (Fsp3) is 0.364. The van der Waals surface area contributed by atoms with Gasteiger partial charge in [0.05, 0.1) is 12.1 Å². The zero-order valence-electron chi connectivity index (χ0n) is 9.53. The maximum absolute atomic E-state index is 10.7. The highest BCUT2D eigenvalue weighted by molar-refractivity contribution is 6.33. The molecule has 0 fully saturated rings. The molecule has 6 heteroatoms. The van der Waals surface area contributed by atoms with Gasteiger partial charge in [-0.1, -0.05) is 11.6 Å². The van der Waals surface area contributed by atoms with Gasteiger partial charge >= 0.3 is 5.97 Å². The second-order valence-electron chi connectivity index (χ2n) is 3.69. The second kappa shape index (κ2) is 5.25. The molecule has 17 heavy (non-hydrogen) atoms. The fourth-order valence-electron chi connectivity index (χ4n) is 1.49. The number of rotatable bonds is 4. The van der Waals surface area contributed by atoms with Crippen molar-refractivity contribution in [2.45, 2.75) is 19.4 Å². The van der Waals surface area contributed by atoms with Crippen molar-refractivity contribution in [3.8, 4) is 11.5 Å². The molecule has 94 valence electrons. The van der Waals surface area contributed by atoms with E-state index in [0.29, 0.717) is 5.56 Å². The van der Waals surface area contributed by atoms with E-state index in [9.17, 15) is 9.90 Å². The Bertz CT molecular complexity index is 448. The van der Waals surface area contributed by atoms with Crippen LogP contribution in [0, 0.1) is 6.92 Å². The number of ether oxygens (including phenoxy) is 1. The first-order valence-electron chi connectivity index (χ1n) is 4.91. The molecule has 4 N–H and O–H groups in total. The summed E-state index contributed by atoms with van der Waals surface area (Å²) >= 11 is 5.95. The lowest BCUT2D eigenvalue weighted by Crippen LogP contribution is -2.32. The smallest absolute Gasteiger partial charge is 0.320 e. The fourth-order valence-corrected chi connectivity index (χ4v) is 1.81. The summed E-state index contributed by atoms with van der Waals surface area (Å²) in [6.45, 7) is 1.75. The predicted octanol–water partition coefficient (Wildman–Crippen LogP) is 1.32. The number of nitrogens with two attached hydrogens (primary N) is 1. The van der Waals surface area contributed by atoms with Gasteiger partial charge in [-0.2, -0.15) is 0 Å². The molecule has 0 bridgehead atoms. The molecule has 0 heterocycles. The van der Waals surface area contributed by atoms with Crippen molar-refractivity contribution in [3.05, 3.63) is 22.2 Å². The van der Waals surface area contributed by atoms with E-state index in [1.165, 1.54) is 7.11 Å². The molecule has 1 atom stereocenters. The third kappa shape index (κ3) is 2.81. The van der Waals surface area contributed by atoms with Crippen LogP contribution < -0.4 is 10.5 Å². The van der Waals surface area contributed by atoms with Crippen molar-refractivity contribution in [1.29, 1.82) is 0 Å². The molecule has 5 nitrogen and oxygen atoms in total. The quantitative estimate of drug-likeness (QED) is 0.758. The van der Waals surface area contributed by atoms with Crippen molar-refractivity contribution >= 4 is 17.6 Å². The van der Waals surface area contributed by atoms with Gasteiger partial charge in [0.15, 0.2) is 11.5 Å². The van der Waals surface area contributed by atoms with Crippen LogP contribution in [0.2, 0.25) is 5.02 Å². The molecule has 0 saturated carbocycles. The van der Waals surface area contributed by atoms with Gasteiger partial charge in [0.1, 0.15) is 6.04 Å². The van der Waals surface area contributed by atoms with E-state index in [4.69, 9.17) is 27.2 Å². The molecule has 1 aromatic carbocycles. The lowest BCUT2D eigenvalue weighted by Gasteiger charge is -2.14. The number of phenols is 1. The van der Waals surface area contributed by atoms with Crippen LogP contribution in [0.4, 0.5) is 0 Å². The van der Waals surface area contributed by atoms with Crippen LogP contribution in [-0.4, -0.2) is 29.3 Å². The molecule has 0 spiro atoms. The normalized spacial score (nSPS) is 12.2. The van der Waals surface area contributed by atoms with E-state index >= 15 is 0 Å². The molecule has 0 amide bonds. The summed E-state index contributed by atoms with van der Waals surface area (Å²) in [6.07, 6.45) is 0.0531. The lowest BCUT2D eigenvalue weighted by atomic mass is 10.0.